The third kappa shape index (κ3) is 4.20. The molecule has 1 aromatic rings. The number of thiazole rings is 1. The topological polar surface area (TPSA) is 62.2 Å². The maximum absolute atomic E-state index is 10.5. The van der Waals surface area contributed by atoms with E-state index in [2.05, 4.69) is 24.1 Å². The second-order valence-corrected chi connectivity index (χ2v) is 6.50. The molecule has 4 nitrogen and oxygen atoms in total. The van der Waals surface area contributed by atoms with Gasteiger partial charge in [0.2, 0.25) is 0 Å². The molecule has 0 bridgehead atoms. The predicted octanol–water partition coefficient (Wildman–Crippen LogP) is 3.40. The first-order valence-electron chi connectivity index (χ1n) is 6.97. The van der Waals surface area contributed by atoms with E-state index in [0.717, 1.165) is 22.7 Å². The summed E-state index contributed by atoms with van der Waals surface area (Å²) in [6.07, 6.45) is 4.35. The number of anilines is 1. The third-order valence-electron chi connectivity index (χ3n) is 4.07. The number of nitrogens with one attached hydrogen (secondary N) is 1. The number of aromatic nitrogens is 1. The van der Waals surface area contributed by atoms with E-state index in [-0.39, 0.29) is 6.42 Å². The Bertz CT molecular complexity index is 433. The van der Waals surface area contributed by atoms with Crippen LogP contribution >= 0.6 is 11.3 Å². The van der Waals surface area contributed by atoms with Crippen molar-refractivity contribution in [3.8, 4) is 0 Å². The molecular weight excluding hydrogens is 260 g/mol. The minimum absolute atomic E-state index is 0.154. The van der Waals surface area contributed by atoms with Gasteiger partial charge in [-0.2, -0.15) is 0 Å². The zero-order chi connectivity index (χ0) is 13.8. The highest BCUT2D eigenvalue weighted by atomic mass is 32.1. The minimum atomic E-state index is -0.766. The lowest BCUT2D eigenvalue weighted by atomic mass is 9.79. The number of carboxylic acid groups (broad SMARTS) is 1. The smallest absolute Gasteiger partial charge is 0.303 e. The SMILES string of the molecule is CC1CCC(Nc2nc(CCC(=O)O)cs2)CC1C. The molecule has 2 N–H and O–H groups in total. The number of rotatable bonds is 5. The number of carbonyl (C=O) groups is 1. The van der Waals surface area contributed by atoms with Crippen molar-refractivity contribution in [2.24, 2.45) is 11.8 Å². The van der Waals surface area contributed by atoms with E-state index in [1.54, 1.807) is 11.3 Å². The Morgan fingerprint density at radius 2 is 2.26 bits per heavy atom. The fourth-order valence-corrected chi connectivity index (χ4v) is 3.40. The molecule has 1 fully saturated rings. The van der Waals surface area contributed by atoms with Crippen LogP contribution in [0.5, 0.6) is 0 Å². The molecule has 0 spiro atoms. The van der Waals surface area contributed by atoms with Crippen LogP contribution in [0.4, 0.5) is 5.13 Å². The lowest BCUT2D eigenvalue weighted by Crippen LogP contribution is -2.30. The molecule has 0 saturated heterocycles. The van der Waals surface area contributed by atoms with Gasteiger partial charge in [0.25, 0.3) is 0 Å². The van der Waals surface area contributed by atoms with E-state index in [4.69, 9.17) is 5.11 Å². The van der Waals surface area contributed by atoms with Gasteiger partial charge in [-0.15, -0.1) is 11.3 Å². The summed E-state index contributed by atoms with van der Waals surface area (Å²) in [7, 11) is 0. The van der Waals surface area contributed by atoms with Crippen LogP contribution in [0.1, 0.15) is 45.2 Å². The Morgan fingerprint density at radius 3 is 2.95 bits per heavy atom. The van der Waals surface area contributed by atoms with Gasteiger partial charge in [0.15, 0.2) is 5.13 Å². The van der Waals surface area contributed by atoms with Crippen LogP contribution in [0.25, 0.3) is 0 Å². The summed E-state index contributed by atoms with van der Waals surface area (Å²) in [5.74, 6) is 0.816. The largest absolute Gasteiger partial charge is 0.481 e. The van der Waals surface area contributed by atoms with E-state index in [1.807, 2.05) is 5.38 Å². The monoisotopic (exact) mass is 282 g/mol. The molecule has 2 rings (SSSR count). The molecule has 1 aliphatic rings. The van der Waals surface area contributed by atoms with E-state index >= 15 is 0 Å². The highest BCUT2D eigenvalue weighted by Gasteiger charge is 2.24. The lowest BCUT2D eigenvalue weighted by Gasteiger charge is -2.32. The third-order valence-corrected chi connectivity index (χ3v) is 4.89. The van der Waals surface area contributed by atoms with Crippen molar-refractivity contribution in [1.29, 1.82) is 0 Å². The maximum Gasteiger partial charge on any atom is 0.303 e. The number of aliphatic carboxylic acids is 1. The van der Waals surface area contributed by atoms with E-state index < -0.39 is 5.97 Å². The molecule has 19 heavy (non-hydrogen) atoms. The zero-order valence-corrected chi connectivity index (χ0v) is 12.4. The van der Waals surface area contributed by atoms with Crippen molar-refractivity contribution in [2.45, 2.75) is 52.0 Å². The first-order chi connectivity index (χ1) is 9.04. The second-order valence-electron chi connectivity index (χ2n) is 5.65. The van der Waals surface area contributed by atoms with E-state index in [9.17, 15) is 4.79 Å². The molecule has 3 atom stereocenters. The van der Waals surface area contributed by atoms with Crippen LogP contribution in [-0.2, 0) is 11.2 Å². The average Bonchev–Trinajstić information content (AvgIpc) is 2.79. The molecule has 0 aromatic carbocycles. The van der Waals surface area contributed by atoms with E-state index in [0.29, 0.717) is 12.5 Å². The van der Waals surface area contributed by atoms with Gasteiger partial charge in [0.1, 0.15) is 0 Å². The van der Waals surface area contributed by atoms with Gasteiger partial charge in [0.05, 0.1) is 12.1 Å². The van der Waals surface area contributed by atoms with E-state index in [1.165, 1.54) is 19.3 Å². The molecule has 5 heteroatoms. The molecular formula is C14H22N2O2S. The molecule has 0 radical (unpaired) electrons. The van der Waals surface area contributed by atoms with Crippen molar-refractivity contribution in [3.05, 3.63) is 11.1 Å². The number of aryl methyl sites for hydroxylation is 1. The summed E-state index contributed by atoms with van der Waals surface area (Å²) in [5.41, 5.74) is 0.882. The zero-order valence-electron chi connectivity index (χ0n) is 11.6. The number of hydrogen-bond acceptors (Lipinski definition) is 4. The normalized spacial score (nSPS) is 27.2. The minimum Gasteiger partial charge on any atom is -0.481 e. The van der Waals surface area contributed by atoms with Crippen molar-refractivity contribution >= 4 is 22.4 Å². The number of nitrogens with zero attached hydrogens (tertiary/aromatic N) is 1. The van der Waals surface area contributed by atoms with Gasteiger partial charge in [-0.3, -0.25) is 4.79 Å². The van der Waals surface area contributed by atoms with Gasteiger partial charge < -0.3 is 10.4 Å². The van der Waals surface area contributed by atoms with Gasteiger partial charge in [0, 0.05) is 17.8 Å². The van der Waals surface area contributed by atoms with Gasteiger partial charge in [-0.05, 0) is 31.1 Å². The fourth-order valence-electron chi connectivity index (χ4n) is 2.58. The number of hydrogen-bond donors (Lipinski definition) is 2. The van der Waals surface area contributed by atoms with Crippen molar-refractivity contribution in [3.63, 3.8) is 0 Å². The van der Waals surface area contributed by atoms with Crippen molar-refractivity contribution < 1.29 is 9.90 Å². The Balaban J connectivity index is 1.84. The Kier molecular flexibility index (Phi) is 4.80. The van der Waals surface area contributed by atoms with Crippen LogP contribution in [0, 0.1) is 11.8 Å². The molecule has 1 heterocycles. The van der Waals surface area contributed by atoms with Crippen LogP contribution in [-0.4, -0.2) is 22.1 Å². The highest BCUT2D eigenvalue weighted by molar-refractivity contribution is 7.13. The molecule has 106 valence electrons. The van der Waals surface area contributed by atoms with Gasteiger partial charge in [-0.1, -0.05) is 13.8 Å². The van der Waals surface area contributed by atoms with Crippen molar-refractivity contribution in [2.75, 3.05) is 5.32 Å². The van der Waals surface area contributed by atoms with Gasteiger partial charge in [-0.25, -0.2) is 4.98 Å². The van der Waals surface area contributed by atoms with Crippen LogP contribution < -0.4 is 5.32 Å². The number of carboxylic acids is 1. The molecule has 1 aliphatic carbocycles. The first-order valence-corrected chi connectivity index (χ1v) is 7.85. The maximum atomic E-state index is 10.5. The van der Waals surface area contributed by atoms with Gasteiger partial charge >= 0.3 is 5.97 Å². The second kappa shape index (κ2) is 6.37. The van der Waals surface area contributed by atoms with Crippen LogP contribution in [0.2, 0.25) is 0 Å². The molecule has 1 aromatic heterocycles. The fraction of sp³-hybridized carbons (Fsp3) is 0.714. The average molecular weight is 282 g/mol. The van der Waals surface area contributed by atoms with Crippen molar-refractivity contribution in [1.82, 2.24) is 4.98 Å². The molecule has 3 unspecified atom stereocenters. The van der Waals surface area contributed by atoms with Crippen LogP contribution in [0.3, 0.4) is 0 Å². The summed E-state index contributed by atoms with van der Waals surface area (Å²) in [6.45, 7) is 4.65. The molecule has 0 aliphatic heterocycles. The predicted molar refractivity (Wildman–Crippen MR) is 77.7 cm³/mol. The molecule has 0 amide bonds. The molecule has 1 saturated carbocycles. The highest BCUT2D eigenvalue weighted by Crippen LogP contribution is 2.31. The Hall–Kier alpha value is -1.10. The Labute approximate surface area is 118 Å². The summed E-state index contributed by atoms with van der Waals surface area (Å²) in [4.78, 5) is 15.0. The summed E-state index contributed by atoms with van der Waals surface area (Å²) < 4.78 is 0. The summed E-state index contributed by atoms with van der Waals surface area (Å²) in [6, 6.07) is 0.518. The van der Waals surface area contributed by atoms with Crippen LogP contribution in [0.15, 0.2) is 5.38 Å². The Morgan fingerprint density at radius 1 is 1.47 bits per heavy atom. The summed E-state index contributed by atoms with van der Waals surface area (Å²) >= 11 is 1.58. The quantitative estimate of drug-likeness (QED) is 0.869. The standard InChI is InChI=1S/C14H22N2O2S/c1-9-3-4-11(7-10(9)2)15-14-16-12(8-19-14)5-6-13(17)18/h8-11H,3-7H2,1-2H3,(H,15,16)(H,17,18). The first kappa shape index (κ1) is 14.3. The summed E-state index contributed by atoms with van der Waals surface area (Å²) in [5, 5.41) is 15.1. The lowest BCUT2D eigenvalue weighted by molar-refractivity contribution is -0.136.